The molecule has 1 aromatic heterocycles. The number of aromatic nitrogens is 1. The molecule has 0 unspecified atom stereocenters. The lowest BCUT2D eigenvalue weighted by molar-refractivity contribution is 0.0969. The van der Waals surface area contributed by atoms with Crippen LogP contribution >= 0.6 is 0 Å². The predicted octanol–water partition coefficient (Wildman–Crippen LogP) is 7.86. The Bertz CT molecular complexity index is 1680. The van der Waals surface area contributed by atoms with Crippen molar-refractivity contribution in [2.75, 3.05) is 9.80 Å². The standard InChI is InChI=1S/C35H27N3O2/c1-22-24-12-3-5-14-26(24)28-16-7-9-20-32(28)37(22)34(39)30-18-11-19-31(36-30)35(40)38-23(2)25-13-4-6-15-27(25)29-17-8-10-21-33(29)38/h3-23H,1-2H3/t22-,23+. The molecule has 7 rings (SSSR count). The van der Waals surface area contributed by atoms with E-state index in [1.54, 1.807) is 28.0 Å². The highest BCUT2D eigenvalue weighted by Gasteiger charge is 2.35. The van der Waals surface area contributed by atoms with Gasteiger partial charge in [-0.2, -0.15) is 0 Å². The third kappa shape index (κ3) is 3.58. The van der Waals surface area contributed by atoms with E-state index in [0.29, 0.717) is 0 Å². The Balaban J connectivity index is 1.28. The fourth-order valence-corrected chi connectivity index (χ4v) is 6.22. The maximum atomic E-state index is 14.1. The van der Waals surface area contributed by atoms with Crippen LogP contribution in [0.4, 0.5) is 11.4 Å². The predicted molar refractivity (Wildman–Crippen MR) is 158 cm³/mol. The second kappa shape index (κ2) is 9.31. The van der Waals surface area contributed by atoms with Gasteiger partial charge in [-0.1, -0.05) is 91.0 Å². The lowest BCUT2D eigenvalue weighted by Crippen LogP contribution is -2.38. The zero-order valence-corrected chi connectivity index (χ0v) is 22.3. The van der Waals surface area contributed by atoms with Gasteiger partial charge in [0.2, 0.25) is 0 Å². The Morgan fingerprint density at radius 2 is 0.875 bits per heavy atom. The summed E-state index contributed by atoms with van der Waals surface area (Å²) in [6, 6.07) is 37.0. The highest BCUT2D eigenvalue weighted by Crippen LogP contribution is 2.46. The quantitative estimate of drug-likeness (QED) is 0.238. The van der Waals surface area contributed by atoms with Gasteiger partial charge in [0.05, 0.1) is 23.5 Å². The fourth-order valence-electron chi connectivity index (χ4n) is 6.22. The molecule has 0 saturated carbocycles. The molecule has 194 valence electrons. The van der Waals surface area contributed by atoms with E-state index in [1.165, 1.54) is 0 Å². The number of para-hydroxylation sites is 2. The molecule has 0 N–H and O–H groups in total. The molecule has 5 nitrogen and oxygen atoms in total. The molecule has 2 aliphatic heterocycles. The normalized spacial score (nSPS) is 16.9. The van der Waals surface area contributed by atoms with Crippen molar-refractivity contribution < 1.29 is 9.59 Å². The van der Waals surface area contributed by atoms with E-state index in [-0.39, 0.29) is 35.3 Å². The van der Waals surface area contributed by atoms with Crippen LogP contribution in [-0.2, 0) is 0 Å². The molecule has 0 radical (unpaired) electrons. The maximum Gasteiger partial charge on any atom is 0.277 e. The minimum atomic E-state index is -0.235. The largest absolute Gasteiger partial charge is 0.299 e. The van der Waals surface area contributed by atoms with E-state index in [1.807, 2.05) is 86.6 Å². The first-order chi connectivity index (χ1) is 19.5. The van der Waals surface area contributed by atoms with Gasteiger partial charge >= 0.3 is 0 Å². The number of nitrogens with zero attached hydrogens (tertiary/aromatic N) is 3. The molecule has 3 heterocycles. The van der Waals surface area contributed by atoms with Crippen molar-refractivity contribution in [2.24, 2.45) is 0 Å². The highest BCUT2D eigenvalue weighted by molar-refractivity contribution is 6.12. The van der Waals surface area contributed by atoms with Crippen molar-refractivity contribution in [3.63, 3.8) is 0 Å². The number of benzene rings is 4. The van der Waals surface area contributed by atoms with Gasteiger partial charge in [0, 0.05) is 11.1 Å². The van der Waals surface area contributed by atoms with Crippen LogP contribution in [0.3, 0.4) is 0 Å². The van der Waals surface area contributed by atoms with E-state index >= 15 is 0 Å². The van der Waals surface area contributed by atoms with Gasteiger partial charge in [0.25, 0.3) is 11.8 Å². The third-order valence-electron chi connectivity index (χ3n) is 8.13. The number of amides is 2. The molecule has 5 aromatic rings. The van der Waals surface area contributed by atoms with E-state index < -0.39 is 0 Å². The molecular weight excluding hydrogens is 494 g/mol. The molecule has 40 heavy (non-hydrogen) atoms. The summed E-state index contributed by atoms with van der Waals surface area (Å²) in [7, 11) is 0. The van der Waals surface area contributed by atoms with Crippen LogP contribution in [0.1, 0.15) is 58.0 Å². The number of fused-ring (bicyclic) bond motifs is 6. The summed E-state index contributed by atoms with van der Waals surface area (Å²) in [5, 5.41) is 0. The average Bonchev–Trinajstić information content (AvgIpc) is 3.01. The van der Waals surface area contributed by atoms with Crippen molar-refractivity contribution in [1.82, 2.24) is 4.98 Å². The van der Waals surface area contributed by atoms with E-state index in [0.717, 1.165) is 44.8 Å². The van der Waals surface area contributed by atoms with Gasteiger partial charge in [-0.25, -0.2) is 4.98 Å². The van der Waals surface area contributed by atoms with Crippen LogP contribution in [-0.4, -0.2) is 16.8 Å². The number of hydrogen-bond donors (Lipinski definition) is 0. The van der Waals surface area contributed by atoms with Crippen molar-refractivity contribution >= 4 is 23.2 Å². The number of carbonyl (C=O) groups excluding carboxylic acids is 2. The van der Waals surface area contributed by atoms with Crippen LogP contribution < -0.4 is 9.80 Å². The minimum absolute atomic E-state index is 0.190. The van der Waals surface area contributed by atoms with E-state index in [4.69, 9.17) is 0 Å². The van der Waals surface area contributed by atoms with Gasteiger partial charge < -0.3 is 0 Å². The molecule has 0 saturated heterocycles. The van der Waals surface area contributed by atoms with Crippen LogP contribution in [0.2, 0.25) is 0 Å². The van der Waals surface area contributed by atoms with Crippen molar-refractivity contribution in [1.29, 1.82) is 0 Å². The molecule has 0 spiro atoms. The Morgan fingerprint density at radius 1 is 0.500 bits per heavy atom. The monoisotopic (exact) mass is 521 g/mol. The zero-order chi connectivity index (χ0) is 27.4. The van der Waals surface area contributed by atoms with Gasteiger partial charge in [-0.15, -0.1) is 0 Å². The topological polar surface area (TPSA) is 53.5 Å². The SMILES string of the molecule is C[C@@H]1c2ccccc2-c2ccccc2N1C(=O)c1cccc(C(=O)N2c3ccccc3-c3ccccc3[C@@H]2C)n1. The van der Waals surface area contributed by atoms with Gasteiger partial charge in [0.15, 0.2) is 0 Å². The molecule has 0 bridgehead atoms. The summed E-state index contributed by atoms with van der Waals surface area (Å²) in [5.74, 6) is -0.469. The summed E-state index contributed by atoms with van der Waals surface area (Å²) in [4.78, 5) is 36.5. The van der Waals surface area contributed by atoms with Gasteiger partial charge in [-0.05, 0) is 60.4 Å². The molecule has 0 fully saturated rings. The lowest BCUT2D eigenvalue weighted by atomic mass is 9.88. The fraction of sp³-hybridized carbons (Fsp3) is 0.114. The summed E-state index contributed by atoms with van der Waals surface area (Å²) in [5.41, 5.74) is 8.60. The molecule has 0 aliphatic carbocycles. The Hall–Kier alpha value is -5.03. The van der Waals surface area contributed by atoms with E-state index in [9.17, 15) is 9.59 Å². The van der Waals surface area contributed by atoms with Crippen LogP contribution in [0, 0.1) is 0 Å². The number of rotatable bonds is 2. The molecule has 5 heteroatoms. The third-order valence-corrected chi connectivity index (χ3v) is 8.13. The molecule has 2 atom stereocenters. The lowest BCUT2D eigenvalue weighted by Gasteiger charge is -2.37. The van der Waals surface area contributed by atoms with Gasteiger partial charge in [0.1, 0.15) is 11.4 Å². The zero-order valence-electron chi connectivity index (χ0n) is 22.3. The first-order valence-corrected chi connectivity index (χ1v) is 13.6. The summed E-state index contributed by atoms with van der Waals surface area (Å²) in [6.07, 6.45) is 0. The average molecular weight is 522 g/mol. The second-order valence-corrected chi connectivity index (χ2v) is 10.3. The summed E-state index contributed by atoms with van der Waals surface area (Å²) in [6.45, 7) is 4.07. The van der Waals surface area contributed by atoms with Gasteiger partial charge in [-0.3, -0.25) is 19.4 Å². The van der Waals surface area contributed by atoms with Crippen LogP contribution in [0.15, 0.2) is 115 Å². The van der Waals surface area contributed by atoms with Crippen molar-refractivity contribution in [2.45, 2.75) is 25.9 Å². The summed E-state index contributed by atoms with van der Waals surface area (Å²) < 4.78 is 0. The number of anilines is 2. The summed E-state index contributed by atoms with van der Waals surface area (Å²) >= 11 is 0. The number of pyridine rings is 1. The van der Waals surface area contributed by atoms with Crippen LogP contribution in [0.5, 0.6) is 0 Å². The molecule has 2 aliphatic rings. The Morgan fingerprint density at radius 3 is 1.32 bits per heavy atom. The first kappa shape index (κ1) is 24.0. The Labute approximate surface area is 233 Å². The smallest absolute Gasteiger partial charge is 0.277 e. The second-order valence-electron chi connectivity index (χ2n) is 10.3. The maximum absolute atomic E-state index is 14.1. The van der Waals surface area contributed by atoms with Crippen molar-refractivity contribution in [3.8, 4) is 22.3 Å². The molecule has 4 aromatic carbocycles. The number of carbonyl (C=O) groups is 2. The highest BCUT2D eigenvalue weighted by atomic mass is 16.2. The first-order valence-electron chi connectivity index (χ1n) is 13.6. The number of hydrogen-bond acceptors (Lipinski definition) is 3. The molecule has 2 amide bonds. The van der Waals surface area contributed by atoms with Crippen molar-refractivity contribution in [3.05, 3.63) is 138 Å². The minimum Gasteiger partial charge on any atom is -0.299 e. The van der Waals surface area contributed by atoms with E-state index in [2.05, 4.69) is 29.2 Å². The Kier molecular flexibility index (Phi) is 5.60. The van der Waals surface area contributed by atoms with Crippen LogP contribution in [0.25, 0.3) is 22.3 Å². The molecular formula is C35H27N3O2.